The Morgan fingerprint density at radius 1 is 1.00 bits per heavy atom. The van der Waals surface area contributed by atoms with Crippen LogP contribution in [0.5, 0.6) is 0 Å². The highest BCUT2D eigenvalue weighted by Gasteiger charge is 2.30. The van der Waals surface area contributed by atoms with Crippen LogP contribution in [0, 0.1) is 6.92 Å². The molecule has 0 saturated carbocycles. The van der Waals surface area contributed by atoms with Crippen LogP contribution in [0.3, 0.4) is 0 Å². The van der Waals surface area contributed by atoms with Crippen molar-refractivity contribution in [1.82, 2.24) is 19.7 Å². The van der Waals surface area contributed by atoms with Gasteiger partial charge in [0.05, 0.1) is 35.0 Å². The number of pyridine rings is 1. The molecule has 0 radical (unpaired) electrons. The molecule has 0 N–H and O–H groups in total. The van der Waals surface area contributed by atoms with E-state index < -0.39 is 0 Å². The van der Waals surface area contributed by atoms with Crippen molar-refractivity contribution < 1.29 is 9.59 Å². The van der Waals surface area contributed by atoms with Gasteiger partial charge in [0.2, 0.25) is 5.91 Å². The van der Waals surface area contributed by atoms with Crippen molar-refractivity contribution in [1.29, 1.82) is 0 Å². The Kier molecular flexibility index (Phi) is 4.42. The lowest BCUT2D eigenvalue weighted by atomic mass is 10.2. The Bertz CT molecular complexity index is 969. The third-order valence-corrected chi connectivity index (χ3v) is 4.71. The number of amides is 2. The number of carbonyl (C=O) groups is 2. The summed E-state index contributed by atoms with van der Waals surface area (Å²) in [6.07, 6.45) is 4.90. The van der Waals surface area contributed by atoms with Gasteiger partial charge < -0.3 is 9.80 Å². The summed E-state index contributed by atoms with van der Waals surface area (Å²) in [7, 11) is 0. The highest BCUT2D eigenvalue weighted by molar-refractivity contribution is 6.02. The minimum atomic E-state index is -0.172. The van der Waals surface area contributed by atoms with Crippen LogP contribution in [-0.4, -0.2) is 51.1 Å². The molecule has 0 atom stereocenters. The summed E-state index contributed by atoms with van der Waals surface area (Å²) in [6.45, 7) is 2.82. The molecule has 7 heteroatoms. The van der Waals surface area contributed by atoms with E-state index >= 15 is 0 Å². The maximum Gasteiger partial charge on any atom is 0.257 e. The minimum Gasteiger partial charge on any atom is -0.327 e. The molecule has 0 spiro atoms. The van der Waals surface area contributed by atoms with Gasteiger partial charge in [-0.15, -0.1) is 0 Å². The van der Waals surface area contributed by atoms with E-state index in [-0.39, 0.29) is 18.4 Å². The van der Waals surface area contributed by atoms with Gasteiger partial charge in [-0.1, -0.05) is 18.2 Å². The molecule has 4 rings (SSSR count). The number of benzene rings is 1. The van der Waals surface area contributed by atoms with E-state index in [1.165, 1.54) is 0 Å². The summed E-state index contributed by atoms with van der Waals surface area (Å²) in [5, 5.41) is 4.35. The number of nitrogens with zero attached hydrogens (tertiary/aromatic N) is 5. The van der Waals surface area contributed by atoms with Crippen LogP contribution in [0.4, 0.5) is 5.69 Å². The maximum absolute atomic E-state index is 12.9. The first kappa shape index (κ1) is 17.0. The van der Waals surface area contributed by atoms with Crippen LogP contribution in [0.15, 0.2) is 61.1 Å². The molecule has 136 valence electrons. The van der Waals surface area contributed by atoms with Crippen molar-refractivity contribution in [3.8, 4) is 5.69 Å². The Morgan fingerprint density at radius 3 is 2.48 bits per heavy atom. The molecule has 3 aromatic rings. The maximum atomic E-state index is 12.9. The fourth-order valence-electron chi connectivity index (χ4n) is 3.25. The summed E-state index contributed by atoms with van der Waals surface area (Å²) in [6, 6.07) is 13.3. The minimum absolute atomic E-state index is 0.0453. The van der Waals surface area contributed by atoms with E-state index in [9.17, 15) is 9.59 Å². The standard InChI is InChI=1S/C20H19N5O2/c1-15-18(13-22-25(15)16-6-3-2-4-7-16)20(27)23-10-11-24(19(26)14-23)17-8-5-9-21-12-17/h2-9,12-13H,10-11,14H2,1H3. The van der Waals surface area contributed by atoms with Crippen molar-refractivity contribution in [2.24, 2.45) is 0 Å². The highest BCUT2D eigenvalue weighted by Crippen LogP contribution is 2.19. The molecule has 1 fully saturated rings. The Balaban J connectivity index is 1.52. The molecule has 7 nitrogen and oxygen atoms in total. The molecule has 2 amide bonds. The SMILES string of the molecule is Cc1c(C(=O)N2CCN(c3cccnc3)C(=O)C2)cnn1-c1ccccc1. The molecule has 1 aromatic carbocycles. The van der Waals surface area contributed by atoms with Crippen LogP contribution in [0.25, 0.3) is 5.69 Å². The molecule has 1 aliphatic heterocycles. The lowest BCUT2D eigenvalue weighted by Gasteiger charge is -2.34. The topological polar surface area (TPSA) is 71.3 Å². The number of rotatable bonds is 3. The average molecular weight is 361 g/mol. The monoisotopic (exact) mass is 361 g/mol. The molecule has 0 unspecified atom stereocenters. The van der Waals surface area contributed by atoms with Gasteiger partial charge in [-0.05, 0) is 31.2 Å². The second-order valence-corrected chi connectivity index (χ2v) is 6.37. The first-order valence-electron chi connectivity index (χ1n) is 8.75. The predicted octanol–water partition coefficient (Wildman–Crippen LogP) is 2.06. The van der Waals surface area contributed by atoms with Crippen molar-refractivity contribution in [2.75, 3.05) is 24.5 Å². The first-order valence-corrected chi connectivity index (χ1v) is 8.75. The molecule has 0 aliphatic carbocycles. The van der Waals surface area contributed by atoms with Crippen LogP contribution < -0.4 is 4.90 Å². The van der Waals surface area contributed by atoms with Gasteiger partial charge in [0.1, 0.15) is 6.54 Å². The average Bonchev–Trinajstić information content (AvgIpc) is 3.10. The van der Waals surface area contributed by atoms with E-state index in [1.807, 2.05) is 43.3 Å². The van der Waals surface area contributed by atoms with Crippen LogP contribution in [0.1, 0.15) is 16.1 Å². The van der Waals surface area contributed by atoms with Crippen molar-refractivity contribution >= 4 is 17.5 Å². The fourth-order valence-corrected chi connectivity index (χ4v) is 3.25. The van der Waals surface area contributed by atoms with E-state index in [1.54, 1.807) is 39.1 Å². The molecular formula is C20H19N5O2. The highest BCUT2D eigenvalue weighted by atomic mass is 16.2. The first-order chi connectivity index (χ1) is 13.1. The van der Waals surface area contributed by atoms with Crippen molar-refractivity contribution in [2.45, 2.75) is 6.92 Å². The zero-order chi connectivity index (χ0) is 18.8. The van der Waals surface area contributed by atoms with Gasteiger partial charge in [-0.2, -0.15) is 5.10 Å². The number of anilines is 1. The largest absolute Gasteiger partial charge is 0.327 e. The summed E-state index contributed by atoms with van der Waals surface area (Å²) in [5.74, 6) is -0.287. The Hall–Kier alpha value is -3.48. The number of aromatic nitrogens is 3. The lowest BCUT2D eigenvalue weighted by Crippen LogP contribution is -2.52. The normalized spacial score (nSPS) is 14.5. The molecule has 3 heterocycles. The quantitative estimate of drug-likeness (QED) is 0.716. The summed E-state index contributed by atoms with van der Waals surface area (Å²) < 4.78 is 1.74. The van der Waals surface area contributed by atoms with Gasteiger partial charge in [-0.25, -0.2) is 4.68 Å². The molecule has 27 heavy (non-hydrogen) atoms. The van der Waals surface area contributed by atoms with Crippen LogP contribution in [-0.2, 0) is 4.79 Å². The summed E-state index contributed by atoms with van der Waals surface area (Å²) in [5.41, 5.74) is 2.92. The van der Waals surface area contributed by atoms with Gasteiger partial charge >= 0.3 is 0 Å². The van der Waals surface area contributed by atoms with Crippen LogP contribution >= 0.6 is 0 Å². The van der Waals surface area contributed by atoms with Crippen molar-refractivity contribution in [3.63, 3.8) is 0 Å². The molecule has 1 saturated heterocycles. The van der Waals surface area contributed by atoms with E-state index in [2.05, 4.69) is 10.1 Å². The third kappa shape index (κ3) is 3.19. The third-order valence-electron chi connectivity index (χ3n) is 4.71. The molecule has 2 aromatic heterocycles. The predicted molar refractivity (Wildman–Crippen MR) is 101 cm³/mol. The zero-order valence-corrected chi connectivity index (χ0v) is 14.9. The molecule has 0 bridgehead atoms. The Morgan fingerprint density at radius 2 is 1.78 bits per heavy atom. The smallest absolute Gasteiger partial charge is 0.257 e. The lowest BCUT2D eigenvalue weighted by molar-refractivity contribution is -0.120. The molecule has 1 aliphatic rings. The Labute approximate surface area is 156 Å². The summed E-state index contributed by atoms with van der Waals surface area (Å²) >= 11 is 0. The van der Waals surface area contributed by atoms with Gasteiger partial charge in [0.25, 0.3) is 5.91 Å². The van der Waals surface area contributed by atoms with Gasteiger partial charge in [0, 0.05) is 19.3 Å². The second kappa shape index (κ2) is 7.03. The second-order valence-electron chi connectivity index (χ2n) is 6.37. The zero-order valence-electron chi connectivity index (χ0n) is 14.9. The van der Waals surface area contributed by atoms with Gasteiger partial charge in [0.15, 0.2) is 0 Å². The van der Waals surface area contributed by atoms with E-state index in [4.69, 9.17) is 0 Å². The number of carbonyl (C=O) groups excluding carboxylic acids is 2. The fraction of sp³-hybridized carbons (Fsp3) is 0.200. The number of hydrogen-bond acceptors (Lipinski definition) is 4. The van der Waals surface area contributed by atoms with Crippen molar-refractivity contribution in [3.05, 3.63) is 72.3 Å². The molecular weight excluding hydrogens is 342 g/mol. The number of para-hydroxylation sites is 1. The number of hydrogen-bond donors (Lipinski definition) is 0. The number of piperazine rings is 1. The van der Waals surface area contributed by atoms with E-state index in [0.717, 1.165) is 17.1 Å². The van der Waals surface area contributed by atoms with Crippen LogP contribution in [0.2, 0.25) is 0 Å². The van der Waals surface area contributed by atoms with Gasteiger partial charge in [-0.3, -0.25) is 14.6 Å². The van der Waals surface area contributed by atoms with E-state index in [0.29, 0.717) is 18.7 Å². The summed E-state index contributed by atoms with van der Waals surface area (Å²) in [4.78, 5) is 32.8.